The quantitative estimate of drug-likeness (QED) is 0.234. The molecule has 2 aromatic carbocycles. The molecule has 0 spiro atoms. The Bertz CT molecular complexity index is 1070. The fourth-order valence-electron chi connectivity index (χ4n) is 2.37. The highest BCUT2D eigenvalue weighted by Crippen LogP contribution is 2.36. The van der Waals surface area contributed by atoms with Gasteiger partial charge in [-0.25, -0.2) is 5.43 Å². The van der Waals surface area contributed by atoms with Crippen LogP contribution in [0.2, 0.25) is 5.02 Å². The van der Waals surface area contributed by atoms with Crippen molar-refractivity contribution in [1.82, 2.24) is 15.6 Å². The van der Waals surface area contributed by atoms with Gasteiger partial charge in [0.2, 0.25) is 5.75 Å². The summed E-state index contributed by atoms with van der Waals surface area (Å²) in [5.74, 6) is 1.02. The van der Waals surface area contributed by atoms with Crippen molar-refractivity contribution in [3.63, 3.8) is 0 Å². The molecule has 1 heterocycles. The fourth-order valence-corrected chi connectivity index (χ4v) is 5.26. The van der Waals surface area contributed by atoms with E-state index in [0.29, 0.717) is 14.9 Å². The summed E-state index contributed by atoms with van der Waals surface area (Å²) >= 11 is 10.2. The Kier molecular flexibility index (Phi) is 9.03. The molecular weight excluding hydrogens is 492 g/mol. The van der Waals surface area contributed by atoms with Crippen LogP contribution in [0.1, 0.15) is 11.1 Å². The highest BCUT2D eigenvalue weighted by Gasteiger charge is 2.11. The van der Waals surface area contributed by atoms with E-state index < -0.39 is 0 Å². The van der Waals surface area contributed by atoms with Crippen LogP contribution in [0.3, 0.4) is 0 Å². The topological polar surface area (TPSA) is 106 Å². The molecule has 0 saturated heterocycles. The minimum absolute atomic E-state index is 0.102. The number of phenolic OH excluding ortho intramolecular Hbond substituents is 1. The molecule has 1 aromatic heterocycles. The van der Waals surface area contributed by atoms with E-state index in [1.165, 1.54) is 43.5 Å². The van der Waals surface area contributed by atoms with E-state index in [-0.39, 0.29) is 28.9 Å². The van der Waals surface area contributed by atoms with E-state index in [9.17, 15) is 9.90 Å². The molecule has 0 aliphatic carbocycles. The average Bonchev–Trinajstić information content (AvgIpc) is 3.26. The van der Waals surface area contributed by atoms with Crippen LogP contribution in [0.4, 0.5) is 0 Å². The molecule has 0 aliphatic rings. The number of carbonyl (C=O) groups excluding carboxylic acids is 1. The van der Waals surface area contributed by atoms with Gasteiger partial charge in [0.05, 0.1) is 26.2 Å². The summed E-state index contributed by atoms with van der Waals surface area (Å²) in [6, 6.07) is 10.8. The van der Waals surface area contributed by atoms with Crippen LogP contribution < -0.4 is 14.9 Å². The van der Waals surface area contributed by atoms with E-state index in [1.54, 1.807) is 23.9 Å². The normalized spacial score (nSPS) is 11.0. The third-order valence-corrected chi connectivity index (χ3v) is 7.41. The van der Waals surface area contributed by atoms with Crippen LogP contribution in [-0.2, 0) is 10.5 Å². The highest BCUT2D eigenvalue weighted by molar-refractivity contribution is 8.03. The number of hydrazone groups is 1. The number of aromatic nitrogens is 2. The van der Waals surface area contributed by atoms with E-state index in [1.807, 2.05) is 24.3 Å². The van der Waals surface area contributed by atoms with Gasteiger partial charge in [0.1, 0.15) is 0 Å². The van der Waals surface area contributed by atoms with Crippen molar-refractivity contribution in [2.45, 2.75) is 14.4 Å². The zero-order chi connectivity index (χ0) is 22.9. The number of phenols is 1. The van der Waals surface area contributed by atoms with Gasteiger partial charge in [-0.3, -0.25) is 4.79 Å². The minimum Gasteiger partial charge on any atom is -0.502 e. The first-order valence-corrected chi connectivity index (χ1v) is 12.3. The summed E-state index contributed by atoms with van der Waals surface area (Å²) in [5.41, 5.74) is 4.19. The number of thioether (sulfide) groups is 2. The molecule has 3 aromatic rings. The Labute approximate surface area is 202 Å². The highest BCUT2D eigenvalue weighted by atomic mass is 35.5. The number of nitrogens with zero attached hydrogens (tertiary/aromatic N) is 3. The van der Waals surface area contributed by atoms with Crippen molar-refractivity contribution >= 4 is 58.6 Å². The molecule has 0 saturated carbocycles. The zero-order valence-corrected chi connectivity index (χ0v) is 20.3. The minimum atomic E-state index is -0.283. The van der Waals surface area contributed by atoms with Crippen molar-refractivity contribution in [3.05, 3.63) is 52.5 Å². The van der Waals surface area contributed by atoms with Crippen LogP contribution in [0.15, 0.2) is 50.2 Å². The maximum atomic E-state index is 12.1. The molecule has 0 aliphatic heterocycles. The lowest BCUT2D eigenvalue weighted by molar-refractivity contribution is -0.118. The van der Waals surface area contributed by atoms with Gasteiger partial charge >= 0.3 is 0 Å². The van der Waals surface area contributed by atoms with E-state index >= 15 is 0 Å². The third-order valence-electron chi connectivity index (χ3n) is 3.90. The number of nitrogens with one attached hydrogen (secondary N) is 1. The predicted octanol–water partition coefficient (Wildman–Crippen LogP) is 4.45. The average molecular weight is 511 g/mol. The van der Waals surface area contributed by atoms with Crippen LogP contribution in [-0.4, -0.2) is 47.4 Å². The molecule has 1 amide bonds. The smallest absolute Gasteiger partial charge is 0.250 e. The Hall–Kier alpha value is -2.47. The van der Waals surface area contributed by atoms with Gasteiger partial charge in [0.25, 0.3) is 5.91 Å². The lowest BCUT2D eigenvalue weighted by Gasteiger charge is -2.09. The summed E-state index contributed by atoms with van der Waals surface area (Å²) in [7, 11) is 2.87. The molecule has 168 valence electrons. The van der Waals surface area contributed by atoms with Crippen LogP contribution >= 0.6 is 46.5 Å². The largest absolute Gasteiger partial charge is 0.502 e. The number of carbonyl (C=O) groups is 1. The second-order valence-corrected chi connectivity index (χ2v) is 9.96. The Morgan fingerprint density at radius 3 is 2.41 bits per heavy atom. The van der Waals surface area contributed by atoms with Gasteiger partial charge in [-0.2, -0.15) is 5.10 Å². The lowest BCUT2D eigenvalue weighted by Crippen LogP contribution is -2.19. The first-order valence-electron chi connectivity index (χ1n) is 9.09. The van der Waals surface area contributed by atoms with Crippen LogP contribution in [0.5, 0.6) is 17.2 Å². The standard InChI is InChI=1S/C20H19ClN4O4S3/c1-28-15-7-13(8-16(29-2)18(15)27)9-22-23-17(26)11-31-20-25-24-19(32-20)30-10-12-3-5-14(21)6-4-12/h3-9,27H,10-11H2,1-2H3,(H,23,26)/b22-9-. The zero-order valence-electron chi connectivity index (χ0n) is 17.1. The van der Waals surface area contributed by atoms with Gasteiger partial charge < -0.3 is 14.6 Å². The molecule has 32 heavy (non-hydrogen) atoms. The Morgan fingerprint density at radius 1 is 1.16 bits per heavy atom. The van der Waals surface area contributed by atoms with Gasteiger partial charge in [-0.1, -0.05) is 58.6 Å². The first-order chi connectivity index (χ1) is 15.5. The molecular formula is C20H19ClN4O4S3. The maximum Gasteiger partial charge on any atom is 0.250 e. The summed E-state index contributed by atoms with van der Waals surface area (Å²) < 4.78 is 11.7. The molecule has 0 fully saturated rings. The van der Waals surface area contributed by atoms with Crippen molar-refractivity contribution in [2.24, 2.45) is 5.10 Å². The number of amides is 1. The molecule has 0 atom stereocenters. The Balaban J connectivity index is 1.45. The van der Waals surface area contributed by atoms with E-state index in [2.05, 4.69) is 20.7 Å². The van der Waals surface area contributed by atoms with Crippen molar-refractivity contribution in [1.29, 1.82) is 0 Å². The van der Waals surface area contributed by atoms with Gasteiger partial charge in [-0.05, 0) is 29.8 Å². The molecule has 3 rings (SSSR count). The number of methoxy groups -OCH3 is 2. The number of halogens is 1. The second-order valence-electron chi connectivity index (χ2n) is 6.10. The summed E-state index contributed by atoms with van der Waals surface area (Å²) in [4.78, 5) is 12.1. The number of aromatic hydroxyl groups is 1. The summed E-state index contributed by atoms with van der Waals surface area (Å²) in [5, 5.41) is 22.8. The molecule has 2 N–H and O–H groups in total. The molecule has 0 radical (unpaired) electrons. The number of hydrogen-bond donors (Lipinski definition) is 2. The number of rotatable bonds is 10. The SMILES string of the molecule is COc1cc(/C=N\NC(=O)CSc2nnc(SCc3ccc(Cl)cc3)s2)cc(OC)c1O. The van der Waals surface area contributed by atoms with Gasteiger partial charge in [0.15, 0.2) is 20.2 Å². The summed E-state index contributed by atoms with van der Waals surface area (Å²) in [6.07, 6.45) is 1.43. The first kappa shape index (κ1) is 24.2. The third kappa shape index (κ3) is 7.02. The predicted molar refractivity (Wildman–Crippen MR) is 129 cm³/mol. The molecule has 0 unspecified atom stereocenters. The summed E-state index contributed by atoms with van der Waals surface area (Å²) in [6.45, 7) is 0. The van der Waals surface area contributed by atoms with Crippen LogP contribution in [0.25, 0.3) is 0 Å². The van der Waals surface area contributed by atoms with Crippen LogP contribution in [0, 0.1) is 0 Å². The van der Waals surface area contributed by atoms with Crippen molar-refractivity contribution in [3.8, 4) is 17.2 Å². The molecule has 8 nitrogen and oxygen atoms in total. The lowest BCUT2D eigenvalue weighted by atomic mass is 10.2. The number of hydrogen-bond acceptors (Lipinski definition) is 10. The number of ether oxygens (including phenoxy) is 2. The van der Waals surface area contributed by atoms with E-state index in [0.717, 1.165) is 15.7 Å². The van der Waals surface area contributed by atoms with E-state index in [4.69, 9.17) is 21.1 Å². The Morgan fingerprint density at radius 2 is 1.78 bits per heavy atom. The monoisotopic (exact) mass is 510 g/mol. The molecule has 0 bridgehead atoms. The van der Waals surface area contributed by atoms with Gasteiger partial charge in [0, 0.05) is 16.3 Å². The van der Waals surface area contributed by atoms with Crippen molar-refractivity contribution < 1.29 is 19.4 Å². The number of benzene rings is 2. The maximum absolute atomic E-state index is 12.1. The van der Waals surface area contributed by atoms with Crippen molar-refractivity contribution in [2.75, 3.05) is 20.0 Å². The fraction of sp³-hybridized carbons (Fsp3) is 0.200. The van der Waals surface area contributed by atoms with Gasteiger partial charge in [-0.15, -0.1) is 10.2 Å². The molecule has 12 heteroatoms. The second kappa shape index (κ2) is 12.0.